The Hall–Kier alpha value is -5.46. The van der Waals surface area contributed by atoms with Gasteiger partial charge in [0.1, 0.15) is 29.9 Å². The standard InChI is InChI=1S/C65H92N2O10/c1-8-10-12-14-16-18-20-22-24-26-28-52(64(69)70)66(3)38-36-48-43-57(74-6)59-45-51(48)54(66)40-46-30-33-50(34-31-46)76-58-42-47(32-35-56(58)73-5)41-55-61-49(44-60(75-7)62(68)63(61)77-59)37-39-67(55,4)53(65(71)72)29-27-25-23-21-19-17-15-13-11-9-2/h30-35,42-45,52-55H,8-29,36-41H2,1-7H3,(H-2,68,69,70,71,72). The highest BCUT2D eigenvalue weighted by molar-refractivity contribution is 5.71. The zero-order valence-electron chi connectivity index (χ0n) is 47.9. The van der Waals surface area contributed by atoms with Crippen molar-refractivity contribution in [3.05, 3.63) is 94.0 Å². The molecule has 6 unspecified atom stereocenters. The number of aliphatic carboxylic acids is 2. The second-order valence-corrected chi connectivity index (χ2v) is 23.1. The molecule has 422 valence electrons. The summed E-state index contributed by atoms with van der Waals surface area (Å²) < 4.78 is 32.1. The number of benzene rings is 4. The summed E-state index contributed by atoms with van der Waals surface area (Å²) in [5.74, 6) is 0.532. The molecule has 0 spiro atoms. The topological polar surface area (TPSA) is 147 Å². The molecule has 1 N–H and O–H groups in total. The molecule has 0 amide bonds. The van der Waals surface area contributed by atoms with Gasteiger partial charge in [0.15, 0.2) is 34.5 Å². The zero-order chi connectivity index (χ0) is 55.0. The van der Waals surface area contributed by atoms with Crippen LogP contribution in [0.2, 0.25) is 0 Å². The first kappa shape index (κ1) is 59.2. The van der Waals surface area contributed by atoms with Gasteiger partial charge in [-0.3, -0.25) is 0 Å². The molecule has 6 atom stereocenters. The Kier molecular flexibility index (Phi) is 21.9. The molecule has 4 heterocycles. The van der Waals surface area contributed by atoms with Crippen LogP contribution in [-0.2, 0) is 35.3 Å². The molecule has 4 aromatic rings. The molecule has 0 aliphatic carbocycles. The van der Waals surface area contributed by atoms with Crippen molar-refractivity contribution in [2.24, 2.45) is 0 Å². The smallest absolute Gasteiger partial charge is 0.201 e. The molecule has 4 aliphatic heterocycles. The highest BCUT2D eigenvalue weighted by Crippen LogP contribution is 2.54. The van der Waals surface area contributed by atoms with Gasteiger partial charge < -0.3 is 57.6 Å². The van der Waals surface area contributed by atoms with Crippen molar-refractivity contribution in [3.8, 4) is 46.0 Å². The van der Waals surface area contributed by atoms with E-state index in [1.807, 2.05) is 67.7 Å². The van der Waals surface area contributed by atoms with Gasteiger partial charge in [0, 0.05) is 44.1 Å². The van der Waals surface area contributed by atoms with E-state index in [9.17, 15) is 24.9 Å². The van der Waals surface area contributed by atoms with Crippen LogP contribution in [0.4, 0.5) is 0 Å². The van der Waals surface area contributed by atoms with Crippen LogP contribution in [-0.4, -0.2) is 86.6 Å². The zero-order valence-corrected chi connectivity index (χ0v) is 47.9. The maximum Gasteiger partial charge on any atom is 0.201 e. The van der Waals surface area contributed by atoms with E-state index in [-0.39, 0.29) is 32.3 Å². The van der Waals surface area contributed by atoms with E-state index in [1.54, 1.807) is 14.2 Å². The Bertz CT molecular complexity index is 2550. The number of nitrogens with zero attached hydrogens (tertiary/aromatic N) is 2. The SMILES string of the molecule is CCCCCCCCCCCCC(C(=O)[O-])[N+]1(C)CCc2cc(OC)c3cc2C1Cc1ccc(cc1)Oc1cc(ccc1OC)CC1c2c(cc(OC)c(O)c2O3)CC[N+]1(C)C(CCCCCCCCCCCC)C(=O)[O-]. The molecular weight excluding hydrogens is 969 g/mol. The first-order valence-corrected chi connectivity index (χ1v) is 29.7. The Morgan fingerprint density at radius 1 is 0.558 bits per heavy atom. The number of carbonyl (C=O) groups is 2. The number of hydrogen-bond donors (Lipinski definition) is 1. The monoisotopic (exact) mass is 1060 g/mol. The van der Waals surface area contributed by atoms with Crippen LogP contribution in [0.15, 0.2) is 60.7 Å². The van der Waals surface area contributed by atoms with Crippen LogP contribution in [0.25, 0.3) is 0 Å². The third-order valence-electron chi connectivity index (χ3n) is 17.9. The van der Waals surface area contributed by atoms with Gasteiger partial charge in [-0.2, -0.15) is 0 Å². The van der Waals surface area contributed by atoms with Crippen molar-refractivity contribution < 1.29 is 57.6 Å². The van der Waals surface area contributed by atoms with E-state index < -0.39 is 30.1 Å². The number of phenols is 1. The Morgan fingerprint density at radius 2 is 1.01 bits per heavy atom. The Labute approximate surface area is 461 Å². The second kappa shape index (κ2) is 28.4. The van der Waals surface area contributed by atoms with Crippen molar-refractivity contribution in [1.82, 2.24) is 0 Å². The van der Waals surface area contributed by atoms with Crippen molar-refractivity contribution in [1.29, 1.82) is 0 Å². The van der Waals surface area contributed by atoms with Gasteiger partial charge in [-0.1, -0.05) is 148 Å². The molecule has 77 heavy (non-hydrogen) atoms. The summed E-state index contributed by atoms with van der Waals surface area (Å²) in [6, 6.07) is 17.2. The van der Waals surface area contributed by atoms with Gasteiger partial charge in [-0.25, -0.2) is 0 Å². The lowest BCUT2D eigenvalue weighted by Crippen LogP contribution is -2.63. The van der Waals surface area contributed by atoms with E-state index in [2.05, 4.69) is 20.9 Å². The predicted octanol–water partition coefficient (Wildman–Crippen LogP) is 12.7. The summed E-state index contributed by atoms with van der Waals surface area (Å²) in [6.45, 7) is 5.55. The van der Waals surface area contributed by atoms with Crippen LogP contribution in [0, 0.1) is 0 Å². The molecular formula is C65H92N2O10. The van der Waals surface area contributed by atoms with Gasteiger partial charge >= 0.3 is 0 Å². The largest absolute Gasteiger partial charge is 0.544 e. The minimum atomic E-state index is -1.10. The number of fused-ring (bicyclic) bond motifs is 2. The number of hydrogen-bond acceptors (Lipinski definition) is 10. The van der Waals surface area contributed by atoms with Crippen molar-refractivity contribution in [2.75, 3.05) is 48.5 Å². The van der Waals surface area contributed by atoms with E-state index in [0.29, 0.717) is 85.9 Å². The highest BCUT2D eigenvalue weighted by atomic mass is 16.5. The molecule has 0 saturated carbocycles. The fraction of sp³-hybridized carbons (Fsp3) is 0.600. The number of phenolic OH excluding ortho intramolecular Hbond substituents is 1. The number of aromatic hydroxyl groups is 1. The highest BCUT2D eigenvalue weighted by Gasteiger charge is 2.49. The molecule has 0 aromatic heterocycles. The Balaban J connectivity index is 1.31. The van der Waals surface area contributed by atoms with Gasteiger partial charge in [-0.05, 0) is 77.6 Å². The molecule has 4 aliphatic rings. The summed E-state index contributed by atoms with van der Waals surface area (Å²) in [5, 5.41) is 39.7. The normalized spacial score (nSPS) is 20.4. The molecule has 0 radical (unpaired) electrons. The van der Waals surface area contributed by atoms with Crippen LogP contribution >= 0.6 is 0 Å². The van der Waals surface area contributed by atoms with Gasteiger partial charge in [0.2, 0.25) is 5.75 Å². The molecule has 0 fully saturated rings. The first-order valence-electron chi connectivity index (χ1n) is 29.7. The summed E-state index contributed by atoms with van der Waals surface area (Å²) in [7, 11) is 8.84. The number of quaternary nitrogens is 2. The van der Waals surface area contributed by atoms with Crippen LogP contribution in [0.5, 0.6) is 46.0 Å². The van der Waals surface area contributed by atoms with Crippen LogP contribution in [0.1, 0.15) is 201 Å². The number of rotatable bonds is 29. The minimum Gasteiger partial charge on any atom is -0.544 e. The van der Waals surface area contributed by atoms with Gasteiger partial charge in [0.05, 0.1) is 66.0 Å². The van der Waals surface area contributed by atoms with E-state index >= 15 is 0 Å². The third-order valence-corrected chi connectivity index (χ3v) is 17.9. The number of likely N-dealkylation sites (N-methyl/N-ethyl adjacent to an activating group) is 2. The third kappa shape index (κ3) is 14.4. The fourth-order valence-corrected chi connectivity index (χ4v) is 13.2. The molecule has 4 aromatic carbocycles. The molecule has 0 saturated heterocycles. The summed E-state index contributed by atoms with van der Waals surface area (Å²) in [4.78, 5) is 27.3. The average Bonchev–Trinajstić information content (AvgIpc) is 3.54. The summed E-state index contributed by atoms with van der Waals surface area (Å²) >= 11 is 0. The van der Waals surface area contributed by atoms with Crippen molar-refractivity contribution >= 4 is 11.9 Å². The van der Waals surface area contributed by atoms with Crippen LogP contribution in [0.3, 0.4) is 0 Å². The maximum atomic E-state index is 13.7. The van der Waals surface area contributed by atoms with E-state index in [4.69, 9.17) is 23.7 Å². The number of carbonyl (C=O) groups excluding carboxylic acids is 2. The lowest BCUT2D eigenvalue weighted by atomic mass is 9.83. The number of carboxylic acids is 2. The number of carboxylic acid groups (broad SMARTS) is 2. The van der Waals surface area contributed by atoms with Crippen molar-refractivity contribution in [2.45, 2.75) is 205 Å². The average molecular weight is 1060 g/mol. The number of unbranched alkanes of at least 4 members (excludes halogenated alkanes) is 18. The van der Waals surface area contributed by atoms with E-state index in [1.165, 1.54) is 84.2 Å². The molecule has 12 heteroatoms. The lowest BCUT2D eigenvalue weighted by Gasteiger charge is -2.51. The second-order valence-electron chi connectivity index (χ2n) is 23.1. The molecule has 6 bridgehead atoms. The first-order chi connectivity index (χ1) is 37.3. The number of methoxy groups -OCH3 is 3. The molecule has 8 rings (SSSR count). The van der Waals surface area contributed by atoms with E-state index in [0.717, 1.165) is 79.2 Å². The lowest BCUT2D eigenvalue weighted by molar-refractivity contribution is -0.958. The van der Waals surface area contributed by atoms with Crippen molar-refractivity contribution in [3.63, 3.8) is 0 Å². The number of ether oxygens (including phenoxy) is 5. The predicted molar refractivity (Wildman–Crippen MR) is 300 cm³/mol. The van der Waals surface area contributed by atoms with Crippen LogP contribution < -0.4 is 33.9 Å². The summed E-state index contributed by atoms with van der Waals surface area (Å²) in [5.41, 5.74) is 5.43. The Morgan fingerprint density at radius 3 is 1.53 bits per heavy atom. The fourth-order valence-electron chi connectivity index (χ4n) is 13.2. The quantitative estimate of drug-likeness (QED) is 0.0412. The maximum absolute atomic E-state index is 13.7. The van der Waals surface area contributed by atoms with Gasteiger partial charge in [0.25, 0.3) is 0 Å². The summed E-state index contributed by atoms with van der Waals surface area (Å²) in [6.07, 6.45) is 25.9. The van der Waals surface area contributed by atoms with Gasteiger partial charge in [-0.15, -0.1) is 0 Å². The molecule has 12 nitrogen and oxygen atoms in total. The minimum absolute atomic E-state index is 0.113.